The van der Waals surface area contributed by atoms with Gasteiger partial charge in [0.1, 0.15) is 13.2 Å². The largest absolute Gasteiger partial charge is 0.486 e. The van der Waals surface area contributed by atoms with E-state index in [1.807, 2.05) is 23.1 Å². The summed E-state index contributed by atoms with van der Waals surface area (Å²) in [5.74, 6) is 1.57. The topological polar surface area (TPSA) is 54.0 Å². The molecule has 2 aliphatic rings. The van der Waals surface area contributed by atoms with Crippen LogP contribution in [0, 0.1) is 0 Å². The molecular weight excluding hydrogens is 366 g/mol. The normalized spacial score (nSPS) is 18.2. The Balaban J connectivity index is 1.41. The summed E-state index contributed by atoms with van der Waals surface area (Å²) in [6.45, 7) is 3.31. The highest BCUT2D eigenvalue weighted by Crippen LogP contribution is 2.42. The molecule has 4 rings (SSSR count). The highest BCUT2D eigenvalue weighted by atomic mass is 16.6. The lowest BCUT2D eigenvalue weighted by Gasteiger charge is -2.29. The zero-order chi connectivity index (χ0) is 20.2. The molecule has 1 fully saturated rings. The third kappa shape index (κ3) is 4.48. The van der Waals surface area contributed by atoms with Crippen molar-refractivity contribution in [1.29, 1.82) is 0 Å². The van der Waals surface area contributed by atoms with E-state index in [-0.39, 0.29) is 12.1 Å². The Morgan fingerprint density at radius 1 is 1.10 bits per heavy atom. The van der Waals surface area contributed by atoms with Crippen LogP contribution in [0.15, 0.2) is 42.5 Å². The number of carbonyl (C=O) groups is 1. The van der Waals surface area contributed by atoms with Crippen molar-refractivity contribution in [3.63, 3.8) is 0 Å². The van der Waals surface area contributed by atoms with Crippen LogP contribution in [-0.2, 0) is 13.1 Å². The van der Waals surface area contributed by atoms with E-state index < -0.39 is 0 Å². The lowest BCUT2D eigenvalue weighted by Crippen LogP contribution is -2.39. The Hall–Kier alpha value is -2.73. The van der Waals surface area contributed by atoms with Gasteiger partial charge >= 0.3 is 6.03 Å². The Morgan fingerprint density at radius 2 is 1.86 bits per heavy atom. The Kier molecular flexibility index (Phi) is 5.90. The smallest absolute Gasteiger partial charge is 0.318 e. The van der Waals surface area contributed by atoms with Gasteiger partial charge in [-0.3, -0.25) is 0 Å². The molecular formula is C23H29N3O3. The van der Waals surface area contributed by atoms with Gasteiger partial charge in [0.25, 0.3) is 0 Å². The number of likely N-dealkylation sites (tertiary alicyclic amines) is 1. The van der Waals surface area contributed by atoms with Crippen LogP contribution in [0.1, 0.15) is 35.6 Å². The molecule has 0 spiro atoms. The fraction of sp³-hybridized carbons (Fsp3) is 0.435. The molecule has 154 valence electrons. The fourth-order valence-corrected chi connectivity index (χ4v) is 4.10. The average Bonchev–Trinajstić information content (AvgIpc) is 3.22. The first-order chi connectivity index (χ1) is 14.1. The lowest BCUT2D eigenvalue weighted by atomic mass is 10.0. The minimum atomic E-state index is -0.0285. The molecule has 0 bridgehead atoms. The number of hydrogen-bond donors (Lipinski definition) is 1. The van der Waals surface area contributed by atoms with Gasteiger partial charge in [-0.1, -0.05) is 36.4 Å². The van der Waals surface area contributed by atoms with E-state index in [1.54, 1.807) is 0 Å². The summed E-state index contributed by atoms with van der Waals surface area (Å²) >= 11 is 0. The molecule has 2 aliphatic heterocycles. The van der Waals surface area contributed by atoms with Crippen molar-refractivity contribution < 1.29 is 14.3 Å². The number of urea groups is 1. The van der Waals surface area contributed by atoms with E-state index in [1.165, 1.54) is 5.56 Å². The Labute approximate surface area is 172 Å². The Bertz CT molecular complexity index is 851. The first-order valence-corrected chi connectivity index (χ1v) is 10.3. The molecule has 0 saturated carbocycles. The number of fused-ring (bicyclic) bond motifs is 1. The molecule has 2 aromatic carbocycles. The number of amides is 2. The molecule has 0 radical (unpaired) electrons. The van der Waals surface area contributed by atoms with E-state index in [0.29, 0.717) is 19.8 Å². The molecule has 1 unspecified atom stereocenters. The number of nitrogens with one attached hydrogen (secondary N) is 1. The van der Waals surface area contributed by atoms with Crippen LogP contribution >= 0.6 is 0 Å². The summed E-state index contributed by atoms with van der Waals surface area (Å²) in [7, 11) is 4.11. The van der Waals surface area contributed by atoms with Crippen molar-refractivity contribution in [3.05, 3.63) is 59.2 Å². The van der Waals surface area contributed by atoms with E-state index in [2.05, 4.69) is 48.6 Å². The van der Waals surface area contributed by atoms with Crippen LogP contribution in [-0.4, -0.2) is 49.7 Å². The van der Waals surface area contributed by atoms with Crippen LogP contribution in [0.3, 0.4) is 0 Å². The molecule has 2 heterocycles. The van der Waals surface area contributed by atoms with Gasteiger partial charge in [-0.05, 0) is 44.1 Å². The summed E-state index contributed by atoms with van der Waals surface area (Å²) in [5, 5.41) is 3.09. The van der Waals surface area contributed by atoms with Crippen LogP contribution in [0.25, 0.3) is 0 Å². The third-order valence-corrected chi connectivity index (χ3v) is 5.43. The summed E-state index contributed by atoms with van der Waals surface area (Å²) in [5.41, 5.74) is 3.41. The van der Waals surface area contributed by atoms with Crippen molar-refractivity contribution >= 4 is 6.03 Å². The highest BCUT2D eigenvalue weighted by Gasteiger charge is 2.33. The number of carbonyl (C=O) groups excluding carboxylic acids is 1. The number of rotatable bonds is 5. The maximum Gasteiger partial charge on any atom is 0.318 e. The van der Waals surface area contributed by atoms with Gasteiger partial charge in [0.15, 0.2) is 11.5 Å². The minimum absolute atomic E-state index is 0.0223. The van der Waals surface area contributed by atoms with E-state index in [0.717, 1.165) is 48.6 Å². The monoisotopic (exact) mass is 395 g/mol. The second-order valence-electron chi connectivity index (χ2n) is 7.94. The quantitative estimate of drug-likeness (QED) is 0.841. The van der Waals surface area contributed by atoms with Crippen molar-refractivity contribution in [2.75, 3.05) is 33.9 Å². The first kappa shape index (κ1) is 19.6. The van der Waals surface area contributed by atoms with Crippen molar-refractivity contribution in [2.24, 2.45) is 0 Å². The second kappa shape index (κ2) is 8.74. The van der Waals surface area contributed by atoms with Gasteiger partial charge in [0.05, 0.1) is 6.04 Å². The molecule has 6 nitrogen and oxygen atoms in total. The Morgan fingerprint density at radius 3 is 2.66 bits per heavy atom. The van der Waals surface area contributed by atoms with Gasteiger partial charge in [-0.2, -0.15) is 0 Å². The molecule has 1 atom stereocenters. The van der Waals surface area contributed by atoms with Crippen LogP contribution in [0.5, 0.6) is 11.5 Å². The maximum atomic E-state index is 12.9. The molecule has 1 N–H and O–H groups in total. The number of hydrogen-bond acceptors (Lipinski definition) is 4. The predicted octanol–water partition coefficient (Wildman–Crippen LogP) is 3.57. The van der Waals surface area contributed by atoms with E-state index in [9.17, 15) is 4.79 Å². The average molecular weight is 396 g/mol. The minimum Gasteiger partial charge on any atom is -0.486 e. The zero-order valence-electron chi connectivity index (χ0n) is 17.2. The lowest BCUT2D eigenvalue weighted by molar-refractivity contribution is 0.163. The van der Waals surface area contributed by atoms with Crippen LogP contribution in [0.4, 0.5) is 4.79 Å². The molecule has 29 heavy (non-hydrogen) atoms. The number of benzene rings is 2. The van der Waals surface area contributed by atoms with Crippen molar-refractivity contribution in [1.82, 2.24) is 15.1 Å². The molecule has 0 aromatic heterocycles. The summed E-state index contributed by atoms with van der Waals surface area (Å²) in [6.07, 6.45) is 1.92. The molecule has 1 saturated heterocycles. The van der Waals surface area contributed by atoms with Gasteiger partial charge in [0.2, 0.25) is 0 Å². The van der Waals surface area contributed by atoms with E-state index in [4.69, 9.17) is 9.47 Å². The van der Waals surface area contributed by atoms with Gasteiger partial charge in [-0.25, -0.2) is 4.79 Å². The van der Waals surface area contributed by atoms with Gasteiger partial charge < -0.3 is 24.6 Å². The first-order valence-electron chi connectivity index (χ1n) is 10.3. The second-order valence-corrected chi connectivity index (χ2v) is 7.94. The number of nitrogens with zero attached hydrogens (tertiary/aromatic N) is 2. The van der Waals surface area contributed by atoms with Crippen LogP contribution in [0.2, 0.25) is 0 Å². The van der Waals surface area contributed by atoms with E-state index >= 15 is 0 Å². The number of para-hydroxylation sites is 1. The standard InChI is InChI=1S/C23H29N3O3/c1-25(2)16-18-10-8-17(9-11-18)15-24-23(27)26-12-4-6-20(26)19-5-3-7-21-22(19)29-14-13-28-21/h3,5,7-11,20H,4,6,12-16H2,1-2H3,(H,24,27). The van der Waals surface area contributed by atoms with Crippen molar-refractivity contribution in [3.8, 4) is 11.5 Å². The number of ether oxygens (including phenoxy) is 2. The van der Waals surface area contributed by atoms with Gasteiger partial charge in [-0.15, -0.1) is 0 Å². The molecule has 2 amide bonds. The summed E-state index contributed by atoms with van der Waals surface area (Å²) in [6, 6.07) is 14.4. The predicted molar refractivity (Wildman–Crippen MR) is 112 cm³/mol. The molecule has 6 heteroatoms. The highest BCUT2D eigenvalue weighted by molar-refractivity contribution is 5.75. The zero-order valence-corrected chi connectivity index (χ0v) is 17.2. The summed E-state index contributed by atoms with van der Waals surface area (Å²) < 4.78 is 11.6. The SMILES string of the molecule is CN(C)Cc1ccc(CNC(=O)N2CCCC2c2cccc3c2OCCO3)cc1. The van der Waals surface area contributed by atoms with Crippen molar-refractivity contribution in [2.45, 2.75) is 32.0 Å². The summed E-state index contributed by atoms with van der Waals surface area (Å²) in [4.78, 5) is 17.0. The molecule has 0 aliphatic carbocycles. The van der Waals surface area contributed by atoms with Gasteiger partial charge in [0, 0.05) is 25.2 Å². The fourth-order valence-electron chi connectivity index (χ4n) is 4.10. The van der Waals surface area contributed by atoms with Crippen LogP contribution < -0.4 is 14.8 Å². The maximum absolute atomic E-state index is 12.9. The third-order valence-electron chi connectivity index (χ3n) is 5.43. The molecule has 2 aromatic rings.